The van der Waals surface area contributed by atoms with Crippen molar-refractivity contribution in [2.24, 2.45) is 0 Å². The maximum Gasteiger partial charge on any atom is 0.323 e. The number of rotatable bonds is 3. The quantitative estimate of drug-likeness (QED) is 0.433. The zero-order chi connectivity index (χ0) is 7.82. The van der Waals surface area contributed by atoms with Gasteiger partial charge in [-0.3, -0.25) is 4.79 Å². The molecule has 10 heavy (non-hydrogen) atoms. The van der Waals surface area contributed by atoms with E-state index in [1.54, 1.807) is 6.92 Å². The fourth-order valence-electron chi connectivity index (χ4n) is 0.375. The summed E-state index contributed by atoms with van der Waals surface area (Å²) in [5, 5.41) is 0. The van der Waals surface area contributed by atoms with Gasteiger partial charge in [0.05, 0.1) is 6.61 Å². The van der Waals surface area contributed by atoms with E-state index in [-0.39, 0.29) is 5.97 Å². The minimum absolute atomic E-state index is 0.351. The molecular formula is C8H11O2. The minimum Gasteiger partial charge on any atom is -0.465 e. The second-order valence-electron chi connectivity index (χ2n) is 1.71. The van der Waals surface area contributed by atoms with Gasteiger partial charge in [-0.2, -0.15) is 0 Å². The van der Waals surface area contributed by atoms with Crippen LogP contribution in [0.5, 0.6) is 0 Å². The molecular weight excluding hydrogens is 128 g/mol. The molecule has 1 radical (unpaired) electrons. The largest absolute Gasteiger partial charge is 0.465 e. The van der Waals surface area contributed by atoms with E-state index in [9.17, 15) is 4.79 Å². The number of carbonyl (C=O) groups excluding carboxylic acids is 1. The maximum absolute atomic E-state index is 10.6. The summed E-state index contributed by atoms with van der Waals surface area (Å²) in [4.78, 5) is 10.6. The Morgan fingerprint density at radius 2 is 2.40 bits per heavy atom. The molecule has 0 saturated heterocycles. The molecule has 0 aliphatic carbocycles. The van der Waals surface area contributed by atoms with Crippen molar-refractivity contribution >= 4 is 5.97 Å². The molecule has 0 bridgehead atoms. The van der Waals surface area contributed by atoms with Crippen LogP contribution in [0.4, 0.5) is 0 Å². The van der Waals surface area contributed by atoms with Crippen molar-refractivity contribution in [3.05, 3.63) is 6.42 Å². The summed E-state index contributed by atoms with van der Waals surface area (Å²) in [5.74, 6) is 4.73. The highest BCUT2D eigenvalue weighted by molar-refractivity contribution is 5.82. The Morgan fingerprint density at radius 3 is 2.90 bits per heavy atom. The summed E-state index contributed by atoms with van der Waals surface area (Å²) in [7, 11) is 0. The molecule has 0 aromatic rings. The lowest BCUT2D eigenvalue weighted by molar-refractivity contribution is -0.138. The van der Waals surface area contributed by atoms with Gasteiger partial charge >= 0.3 is 5.97 Å². The first kappa shape index (κ1) is 9.03. The second-order valence-corrected chi connectivity index (χ2v) is 1.71. The highest BCUT2D eigenvalue weighted by Crippen LogP contribution is 1.84. The summed E-state index contributed by atoms with van der Waals surface area (Å²) >= 11 is 0. The molecule has 2 heteroatoms. The van der Waals surface area contributed by atoms with Crippen molar-refractivity contribution in [2.45, 2.75) is 20.3 Å². The monoisotopic (exact) mass is 139 g/mol. The Labute approximate surface area is 61.6 Å². The first-order valence-electron chi connectivity index (χ1n) is 3.23. The third-order valence-corrected chi connectivity index (χ3v) is 0.783. The smallest absolute Gasteiger partial charge is 0.323 e. The third kappa shape index (κ3) is 5.17. The van der Waals surface area contributed by atoms with Gasteiger partial charge in [0.1, 0.15) is 6.42 Å². The molecule has 0 rings (SSSR count). The van der Waals surface area contributed by atoms with E-state index in [1.807, 2.05) is 6.92 Å². The van der Waals surface area contributed by atoms with E-state index in [1.165, 1.54) is 6.42 Å². The van der Waals surface area contributed by atoms with Gasteiger partial charge in [0, 0.05) is 0 Å². The van der Waals surface area contributed by atoms with Crippen molar-refractivity contribution in [2.75, 3.05) is 6.61 Å². The number of hydrogen-bond acceptors (Lipinski definition) is 2. The average Bonchev–Trinajstić information content (AvgIpc) is 1.97. The normalized spacial score (nSPS) is 7.80. The van der Waals surface area contributed by atoms with E-state index >= 15 is 0 Å². The van der Waals surface area contributed by atoms with Crippen LogP contribution in [0.2, 0.25) is 0 Å². The summed E-state index contributed by atoms with van der Waals surface area (Å²) in [6.07, 6.45) is 2.08. The number of hydrogen-bond donors (Lipinski definition) is 0. The van der Waals surface area contributed by atoms with Gasteiger partial charge < -0.3 is 4.74 Å². The SMILES string of the molecule is CC#C[CH]C(=O)OCCC. The third-order valence-electron chi connectivity index (χ3n) is 0.783. The molecule has 2 nitrogen and oxygen atoms in total. The van der Waals surface area contributed by atoms with Crippen molar-refractivity contribution in [1.29, 1.82) is 0 Å². The Hall–Kier alpha value is -0.970. The van der Waals surface area contributed by atoms with Gasteiger partial charge in [-0.25, -0.2) is 0 Å². The van der Waals surface area contributed by atoms with Crippen LogP contribution < -0.4 is 0 Å². The Bertz CT molecular complexity index is 150. The summed E-state index contributed by atoms with van der Waals surface area (Å²) < 4.78 is 4.70. The number of carbonyl (C=O) groups is 1. The predicted octanol–water partition coefficient (Wildman–Crippen LogP) is 1.17. The molecule has 55 valence electrons. The standard InChI is InChI=1S/C8H11O2/c1-3-5-6-8(9)10-7-4-2/h6H,4,7H2,1-2H3. The average molecular weight is 139 g/mol. The van der Waals surface area contributed by atoms with Crippen LogP contribution in [0, 0.1) is 18.3 Å². The van der Waals surface area contributed by atoms with E-state index in [0.29, 0.717) is 6.61 Å². The van der Waals surface area contributed by atoms with Crippen LogP contribution in [0.25, 0.3) is 0 Å². The van der Waals surface area contributed by atoms with E-state index in [0.717, 1.165) is 6.42 Å². The van der Waals surface area contributed by atoms with E-state index in [2.05, 4.69) is 11.8 Å². The van der Waals surface area contributed by atoms with Crippen molar-refractivity contribution in [3.63, 3.8) is 0 Å². The molecule has 0 spiro atoms. The summed E-state index contributed by atoms with van der Waals surface area (Å²) in [5.41, 5.74) is 0. The highest BCUT2D eigenvalue weighted by atomic mass is 16.5. The highest BCUT2D eigenvalue weighted by Gasteiger charge is 1.97. The zero-order valence-electron chi connectivity index (χ0n) is 6.31. The fraction of sp³-hybridized carbons (Fsp3) is 0.500. The van der Waals surface area contributed by atoms with E-state index < -0.39 is 0 Å². The number of ether oxygens (including phenoxy) is 1. The summed E-state index contributed by atoms with van der Waals surface area (Å²) in [6.45, 7) is 4.09. The second kappa shape index (κ2) is 6.15. The molecule has 0 aliphatic rings. The zero-order valence-corrected chi connectivity index (χ0v) is 6.31. The van der Waals surface area contributed by atoms with Crippen LogP contribution in [0.15, 0.2) is 0 Å². The molecule has 0 heterocycles. The molecule has 0 aromatic heterocycles. The first-order chi connectivity index (χ1) is 4.81. The molecule has 0 fully saturated rings. The predicted molar refractivity (Wildman–Crippen MR) is 39.0 cm³/mol. The maximum atomic E-state index is 10.6. The van der Waals surface area contributed by atoms with Crippen LogP contribution in [0.1, 0.15) is 20.3 Å². The van der Waals surface area contributed by atoms with Gasteiger partial charge in [0.2, 0.25) is 0 Å². The summed E-state index contributed by atoms with van der Waals surface area (Å²) in [6, 6.07) is 0. The lowest BCUT2D eigenvalue weighted by Crippen LogP contribution is -2.04. The minimum atomic E-state index is -0.351. The molecule has 0 aliphatic heterocycles. The van der Waals surface area contributed by atoms with Gasteiger partial charge in [0.25, 0.3) is 0 Å². The van der Waals surface area contributed by atoms with Crippen LogP contribution in [0.3, 0.4) is 0 Å². The van der Waals surface area contributed by atoms with Gasteiger partial charge in [-0.15, -0.1) is 5.92 Å². The van der Waals surface area contributed by atoms with Crippen LogP contribution in [-0.4, -0.2) is 12.6 Å². The van der Waals surface area contributed by atoms with Crippen LogP contribution in [-0.2, 0) is 9.53 Å². The van der Waals surface area contributed by atoms with Crippen molar-refractivity contribution in [3.8, 4) is 11.8 Å². The fourth-order valence-corrected chi connectivity index (χ4v) is 0.375. The Kier molecular flexibility index (Phi) is 5.56. The first-order valence-corrected chi connectivity index (χ1v) is 3.23. The van der Waals surface area contributed by atoms with Gasteiger partial charge in [-0.05, 0) is 13.3 Å². The van der Waals surface area contributed by atoms with Gasteiger partial charge in [0.15, 0.2) is 0 Å². The van der Waals surface area contributed by atoms with E-state index in [4.69, 9.17) is 4.74 Å². The molecule has 0 atom stereocenters. The molecule has 0 amide bonds. The molecule has 0 N–H and O–H groups in total. The lowest BCUT2D eigenvalue weighted by Gasteiger charge is -1.96. The van der Waals surface area contributed by atoms with Gasteiger partial charge in [-0.1, -0.05) is 12.8 Å². The Balaban J connectivity index is 3.31. The molecule has 0 unspecified atom stereocenters. The molecule has 0 saturated carbocycles. The molecule has 0 aromatic carbocycles. The topological polar surface area (TPSA) is 26.3 Å². The van der Waals surface area contributed by atoms with Crippen molar-refractivity contribution in [1.82, 2.24) is 0 Å². The number of esters is 1. The lowest BCUT2D eigenvalue weighted by atomic mass is 10.4. The Morgan fingerprint density at radius 1 is 1.70 bits per heavy atom. The van der Waals surface area contributed by atoms with Crippen molar-refractivity contribution < 1.29 is 9.53 Å². The van der Waals surface area contributed by atoms with Crippen LogP contribution >= 0.6 is 0 Å².